The third kappa shape index (κ3) is 4.72. The number of aromatic nitrogens is 5. The minimum Gasteiger partial charge on any atom is -0.444 e. The standard InChI is InChI=1S/C26H34N8O2/c1-16(2)22-21-19(32(6)31-22)13-17-14-28-24(30-23(17)21)29-20-8-7-18(15-27-20)33-9-11-34(12-10-33)25(35)36-26(3,4)5/h7-8,14-16H,9-13H2,1-6H3,(H,27,28,29,30). The molecule has 1 saturated heterocycles. The average molecular weight is 491 g/mol. The number of hydrogen-bond acceptors (Lipinski definition) is 8. The van der Waals surface area contributed by atoms with Crippen molar-refractivity contribution < 1.29 is 9.53 Å². The fraction of sp³-hybridized carbons (Fsp3) is 0.500. The van der Waals surface area contributed by atoms with Crippen LogP contribution in [0.2, 0.25) is 0 Å². The number of piperazine rings is 1. The number of carbonyl (C=O) groups excluding carboxylic acids is 1. The molecule has 190 valence electrons. The lowest BCUT2D eigenvalue weighted by molar-refractivity contribution is 0.0240. The summed E-state index contributed by atoms with van der Waals surface area (Å²) in [6.07, 6.45) is 4.28. The molecular weight excluding hydrogens is 456 g/mol. The van der Waals surface area contributed by atoms with E-state index < -0.39 is 5.60 Å². The summed E-state index contributed by atoms with van der Waals surface area (Å²) in [7, 11) is 1.99. The van der Waals surface area contributed by atoms with Crippen LogP contribution in [0.3, 0.4) is 0 Å². The molecule has 1 fully saturated rings. The highest BCUT2D eigenvalue weighted by molar-refractivity contribution is 5.75. The molecule has 0 unspecified atom stereocenters. The van der Waals surface area contributed by atoms with Gasteiger partial charge in [-0.25, -0.2) is 19.7 Å². The van der Waals surface area contributed by atoms with Crippen LogP contribution in [0.4, 0.5) is 22.2 Å². The molecule has 3 aromatic heterocycles. The van der Waals surface area contributed by atoms with E-state index in [4.69, 9.17) is 14.8 Å². The van der Waals surface area contributed by atoms with Crippen molar-refractivity contribution >= 4 is 23.5 Å². The number of ether oxygens (including phenoxy) is 1. The van der Waals surface area contributed by atoms with Crippen LogP contribution in [0.1, 0.15) is 57.5 Å². The van der Waals surface area contributed by atoms with Gasteiger partial charge in [-0.15, -0.1) is 0 Å². The first-order valence-corrected chi connectivity index (χ1v) is 12.5. The molecule has 0 bridgehead atoms. The Labute approximate surface area is 211 Å². The lowest BCUT2D eigenvalue weighted by Crippen LogP contribution is -2.50. The van der Waals surface area contributed by atoms with Gasteiger partial charge in [0.05, 0.1) is 29.0 Å². The molecule has 1 N–H and O–H groups in total. The van der Waals surface area contributed by atoms with Gasteiger partial charge in [0.25, 0.3) is 0 Å². The molecule has 3 aromatic rings. The topological polar surface area (TPSA) is 101 Å². The predicted octanol–water partition coefficient (Wildman–Crippen LogP) is 4.10. The smallest absolute Gasteiger partial charge is 0.410 e. The normalized spacial score (nSPS) is 15.2. The van der Waals surface area contributed by atoms with E-state index in [1.807, 2.05) is 57.0 Å². The quantitative estimate of drug-likeness (QED) is 0.456. The van der Waals surface area contributed by atoms with E-state index in [0.717, 1.165) is 47.7 Å². The molecule has 2 aliphatic rings. The number of fused-ring (bicyclic) bond motifs is 3. The molecule has 0 spiro atoms. The van der Waals surface area contributed by atoms with Crippen molar-refractivity contribution in [2.24, 2.45) is 7.05 Å². The number of nitrogens with one attached hydrogen (secondary N) is 1. The SMILES string of the molecule is CC(C)c1nn(C)c2c1-c1nc(Nc3ccc(N4CCN(C(=O)OC(C)(C)C)CC4)cn3)ncc1C2. The van der Waals surface area contributed by atoms with E-state index >= 15 is 0 Å². The maximum absolute atomic E-state index is 12.3. The highest BCUT2D eigenvalue weighted by Gasteiger charge is 2.30. The lowest BCUT2D eigenvalue weighted by atomic mass is 10.0. The van der Waals surface area contributed by atoms with Crippen LogP contribution in [0.5, 0.6) is 0 Å². The number of nitrogens with zero attached hydrogens (tertiary/aromatic N) is 7. The van der Waals surface area contributed by atoms with E-state index in [-0.39, 0.29) is 6.09 Å². The van der Waals surface area contributed by atoms with Crippen molar-refractivity contribution in [3.63, 3.8) is 0 Å². The number of anilines is 3. The molecule has 0 aromatic carbocycles. The Kier molecular flexibility index (Phi) is 6.05. The summed E-state index contributed by atoms with van der Waals surface area (Å²) in [5.41, 5.74) is 6.01. The summed E-state index contributed by atoms with van der Waals surface area (Å²) < 4.78 is 7.45. The molecule has 36 heavy (non-hydrogen) atoms. The first-order valence-electron chi connectivity index (χ1n) is 12.5. The Balaban J connectivity index is 1.24. The third-order valence-corrected chi connectivity index (χ3v) is 6.48. The molecule has 10 nitrogen and oxygen atoms in total. The summed E-state index contributed by atoms with van der Waals surface area (Å²) in [4.78, 5) is 30.2. The molecule has 0 saturated carbocycles. The number of amides is 1. The minimum absolute atomic E-state index is 0.256. The summed E-state index contributed by atoms with van der Waals surface area (Å²) in [5, 5.41) is 7.96. The van der Waals surface area contributed by atoms with Crippen LogP contribution in [0.25, 0.3) is 11.3 Å². The maximum atomic E-state index is 12.3. The van der Waals surface area contributed by atoms with Gasteiger partial charge in [-0.3, -0.25) is 4.68 Å². The van der Waals surface area contributed by atoms with Crippen LogP contribution in [0.15, 0.2) is 24.5 Å². The second-order valence-electron chi connectivity index (χ2n) is 10.7. The van der Waals surface area contributed by atoms with Crippen LogP contribution >= 0.6 is 0 Å². The number of pyridine rings is 1. The Hall–Kier alpha value is -3.69. The second-order valence-corrected chi connectivity index (χ2v) is 10.7. The largest absolute Gasteiger partial charge is 0.444 e. The molecule has 0 radical (unpaired) electrons. The zero-order valence-electron chi connectivity index (χ0n) is 21.9. The molecule has 1 amide bonds. The third-order valence-electron chi connectivity index (χ3n) is 6.48. The van der Waals surface area contributed by atoms with E-state index in [9.17, 15) is 4.79 Å². The Morgan fingerprint density at radius 2 is 1.83 bits per heavy atom. The number of aryl methyl sites for hydroxylation is 1. The predicted molar refractivity (Wildman–Crippen MR) is 139 cm³/mol. The summed E-state index contributed by atoms with van der Waals surface area (Å²) in [6.45, 7) is 12.7. The van der Waals surface area contributed by atoms with Gasteiger partial charge in [-0.2, -0.15) is 5.10 Å². The Morgan fingerprint density at radius 3 is 2.47 bits per heavy atom. The van der Waals surface area contributed by atoms with Gasteiger partial charge in [0, 0.05) is 57.0 Å². The Morgan fingerprint density at radius 1 is 1.08 bits per heavy atom. The molecule has 10 heteroatoms. The van der Waals surface area contributed by atoms with E-state index in [1.165, 1.54) is 5.69 Å². The monoisotopic (exact) mass is 490 g/mol. The minimum atomic E-state index is -0.486. The molecule has 1 aliphatic heterocycles. The fourth-order valence-electron chi connectivity index (χ4n) is 4.68. The van der Waals surface area contributed by atoms with E-state index in [1.54, 1.807) is 4.90 Å². The number of rotatable bonds is 4. The van der Waals surface area contributed by atoms with Crippen molar-refractivity contribution in [1.82, 2.24) is 29.6 Å². The lowest BCUT2D eigenvalue weighted by Gasteiger charge is -2.36. The van der Waals surface area contributed by atoms with Gasteiger partial charge in [0.2, 0.25) is 5.95 Å². The summed E-state index contributed by atoms with van der Waals surface area (Å²) in [5.74, 6) is 1.52. The highest BCUT2D eigenvalue weighted by Crippen LogP contribution is 2.40. The van der Waals surface area contributed by atoms with Gasteiger partial charge in [0.15, 0.2) is 0 Å². The van der Waals surface area contributed by atoms with Gasteiger partial charge in [-0.05, 0) is 38.8 Å². The van der Waals surface area contributed by atoms with Gasteiger partial charge in [-0.1, -0.05) is 13.8 Å². The highest BCUT2D eigenvalue weighted by atomic mass is 16.6. The van der Waals surface area contributed by atoms with Gasteiger partial charge < -0.3 is 19.9 Å². The summed E-state index contributed by atoms with van der Waals surface area (Å²) in [6, 6.07) is 3.96. The van der Waals surface area contributed by atoms with E-state index in [2.05, 4.69) is 34.0 Å². The molecule has 4 heterocycles. The van der Waals surface area contributed by atoms with Crippen molar-refractivity contribution in [2.45, 2.75) is 52.6 Å². The number of carbonyl (C=O) groups is 1. The molecular formula is C26H34N8O2. The average Bonchev–Trinajstić information content (AvgIpc) is 3.36. The van der Waals surface area contributed by atoms with Crippen molar-refractivity contribution in [1.29, 1.82) is 0 Å². The molecule has 1 aliphatic carbocycles. The van der Waals surface area contributed by atoms with Crippen LogP contribution < -0.4 is 10.2 Å². The van der Waals surface area contributed by atoms with Crippen molar-refractivity contribution in [2.75, 3.05) is 36.4 Å². The van der Waals surface area contributed by atoms with Crippen LogP contribution in [-0.4, -0.2) is 67.5 Å². The van der Waals surface area contributed by atoms with Crippen LogP contribution in [0, 0.1) is 0 Å². The van der Waals surface area contributed by atoms with Crippen molar-refractivity contribution in [3.8, 4) is 11.3 Å². The number of hydrogen-bond donors (Lipinski definition) is 1. The fourth-order valence-corrected chi connectivity index (χ4v) is 4.68. The zero-order valence-corrected chi connectivity index (χ0v) is 21.9. The van der Waals surface area contributed by atoms with Crippen LogP contribution in [-0.2, 0) is 18.2 Å². The molecule has 5 rings (SSSR count). The van der Waals surface area contributed by atoms with E-state index in [0.29, 0.717) is 30.8 Å². The maximum Gasteiger partial charge on any atom is 0.410 e. The Bertz CT molecular complexity index is 1270. The first kappa shape index (κ1) is 24.0. The second kappa shape index (κ2) is 9.07. The first-order chi connectivity index (χ1) is 17.1. The van der Waals surface area contributed by atoms with Gasteiger partial charge in [0.1, 0.15) is 11.4 Å². The molecule has 0 atom stereocenters. The van der Waals surface area contributed by atoms with Gasteiger partial charge >= 0.3 is 6.09 Å². The van der Waals surface area contributed by atoms with Crippen molar-refractivity contribution in [3.05, 3.63) is 41.5 Å². The zero-order chi connectivity index (χ0) is 25.6. The summed E-state index contributed by atoms with van der Waals surface area (Å²) >= 11 is 0.